The van der Waals surface area contributed by atoms with E-state index in [-0.39, 0.29) is 5.56 Å². The van der Waals surface area contributed by atoms with Crippen molar-refractivity contribution in [3.05, 3.63) is 71.0 Å². The molecule has 0 saturated carbocycles. The molecule has 1 aliphatic rings. The number of carbonyl (C=O) groups excluding carboxylic acids is 1. The molecular formula is C22H21F3N4O2S. The van der Waals surface area contributed by atoms with E-state index in [0.717, 1.165) is 28.6 Å². The first-order valence-corrected chi connectivity index (χ1v) is 10.8. The van der Waals surface area contributed by atoms with Gasteiger partial charge in [0.05, 0.1) is 12.7 Å². The summed E-state index contributed by atoms with van der Waals surface area (Å²) < 4.78 is 48.5. The Morgan fingerprint density at radius 2 is 1.84 bits per heavy atom. The molecule has 1 aliphatic heterocycles. The quantitative estimate of drug-likeness (QED) is 0.571. The Kier molecular flexibility index (Phi) is 6.31. The van der Waals surface area contributed by atoms with Crippen LogP contribution in [-0.2, 0) is 12.6 Å². The highest BCUT2D eigenvalue weighted by atomic mass is 32.1. The van der Waals surface area contributed by atoms with Gasteiger partial charge < -0.3 is 14.5 Å². The van der Waals surface area contributed by atoms with E-state index in [9.17, 15) is 18.0 Å². The van der Waals surface area contributed by atoms with Crippen molar-refractivity contribution in [3.63, 3.8) is 0 Å². The zero-order valence-electron chi connectivity index (χ0n) is 17.3. The maximum Gasteiger partial charge on any atom is 0.416 e. The number of ether oxygens (including phenoxy) is 1. The smallest absolute Gasteiger partial charge is 0.416 e. The lowest BCUT2D eigenvalue weighted by Gasteiger charge is -2.34. The molecule has 168 valence electrons. The molecule has 0 N–H and O–H groups in total. The van der Waals surface area contributed by atoms with E-state index in [1.165, 1.54) is 23.7 Å². The van der Waals surface area contributed by atoms with Crippen LogP contribution in [0.5, 0.6) is 5.75 Å². The van der Waals surface area contributed by atoms with E-state index in [4.69, 9.17) is 4.74 Å². The fourth-order valence-corrected chi connectivity index (χ4v) is 4.26. The number of nitrogens with zero attached hydrogens (tertiary/aromatic N) is 4. The number of amides is 1. The van der Waals surface area contributed by atoms with Crippen molar-refractivity contribution in [2.24, 2.45) is 0 Å². The zero-order valence-corrected chi connectivity index (χ0v) is 18.1. The minimum atomic E-state index is -4.48. The van der Waals surface area contributed by atoms with Gasteiger partial charge >= 0.3 is 6.18 Å². The van der Waals surface area contributed by atoms with Crippen molar-refractivity contribution in [3.8, 4) is 5.75 Å². The Morgan fingerprint density at radius 1 is 1.09 bits per heavy atom. The summed E-state index contributed by atoms with van der Waals surface area (Å²) in [5, 5.41) is 0.772. The predicted octanol–water partition coefficient (Wildman–Crippen LogP) is 4.12. The third-order valence-electron chi connectivity index (χ3n) is 5.23. The monoisotopic (exact) mass is 462 g/mol. The number of methoxy groups -OCH3 is 1. The molecule has 0 bridgehead atoms. The van der Waals surface area contributed by atoms with Crippen molar-refractivity contribution in [1.82, 2.24) is 14.3 Å². The van der Waals surface area contributed by atoms with Crippen LogP contribution in [-0.4, -0.2) is 53.5 Å². The van der Waals surface area contributed by atoms with Crippen LogP contribution in [0.2, 0.25) is 0 Å². The fourth-order valence-electron chi connectivity index (χ4n) is 3.52. The second kappa shape index (κ2) is 9.15. The van der Waals surface area contributed by atoms with Crippen LogP contribution >= 0.6 is 11.5 Å². The van der Waals surface area contributed by atoms with E-state index in [2.05, 4.69) is 9.36 Å². The Balaban J connectivity index is 1.36. The minimum absolute atomic E-state index is 0.0461. The molecule has 2 aromatic carbocycles. The summed E-state index contributed by atoms with van der Waals surface area (Å²) >= 11 is 1.30. The number of benzene rings is 2. The molecule has 32 heavy (non-hydrogen) atoms. The van der Waals surface area contributed by atoms with Gasteiger partial charge in [-0.25, -0.2) is 4.98 Å². The molecule has 0 radical (unpaired) electrons. The second-order valence-corrected chi connectivity index (χ2v) is 8.11. The van der Waals surface area contributed by atoms with Crippen LogP contribution in [0, 0.1) is 0 Å². The first-order chi connectivity index (χ1) is 15.3. The first kappa shape index (κ1) is 22.1. The largest absolute Gasteiger partial charge is 0.497 e. The number of hydrogen-bond acceptors (Lipinski definition) is 6. The molecule has 0 spiro atoms. The lowest BCUT2D eigenvalue weighted by Crippen LogP contribution is -2.48. The van der Waals surface area contributed by atoms with E-state index >= 15 is 0 Å². The SMILES string of the molecule is COc1cccc(Cc2nsc(N3CCN(C(=O)c4cccc(C(F)(F)F)c4)CC3)n2)c1. The molecule has 10 heteroatoms. The van der Waals surface area contributed by atoms with Crippen molar-refractivity contribution < 1.29 is 22.7 Å². The molecule has 6 nitrogen and oxygen atoms in total. The fraction of sp³-hybridized carbons (Fsp3) is 0.318. The van der Waals surface area contributed by atoms with E-state index in [1.807, 2.05) is 29.2 Å². The van der Waals surface area contributed by atoms with Gasteiger partial charge in [-0.05, 0) is 35.9 Å². The molecule has 1 aromatic heterocycles. The van der Waals surface area contributed by atoms with Crippen molar-refractivity contribution in [1.29, 1.82) is 0 Å². The number of aromatic nitrogens is 2. The van der Waals surface area contributed by atoms with Crippen molar-refractivity contribution >= 4 is 22.6 Å². The van der Waals surface area contributed by atoms with Crippen LogP contribution in [0.3, 0.4) is 0 Å². The summed E-state index contributed by atoms with van der Waals surface area (Å²) in [4.78, 5) is 20.9. The van der Waals surface area contributed by atoms with Crippen molar-refractivity contribution in [2.75, 3.05) is 38.2 Å². The number of anilines is 1. The summed E-state index contributed by atoms with van der Waals surface area (Å²) in [6.07, 6.45) is -3.89. The van der Waals surface area contributed by atoms with Gasteiger partial charge in [-0.15, -0.1) is 0 Å². The summed E-state index contributed by atoms with van der Waals surface area (Å²) in [5.41, 5.74) is 0.273. The second-order valence-electron chi connectivity index (χ2n) is 7.38. The van der Waals surface area contributed by atoms with Crippen LogP contribution in [0.15, 0.2) is 48.5 Å². The number of hydrogen-bond donors (Lipinski definition) is 0. The Labute approximate surface area is 187 Å². The Bertz CT molecular complexity index is 1090. The van der Waals surface area contributed by atoms with Gasteiger partial charge in [0, 0.05) is 49.7 Å². The maximum atomic E-state index is 12.9. The van der Waals surface area contributed by atoms with Crippen molar-refractivity contribution in [2.45, 2.75) is 12.6 Å². The summed E-state index contributed by atoms with van der Waals surface area (Å²) in [6, 6.07) is 12.3. The minimum Gasteiger partial charge on any atom is -0.497 e. The summed E-state index contributed by atoms with van der Waals surface area (Å²) in [6.45, 7) is 1.89. The number of rotatable bonds is 5. The highest BCUT2D eigenvalue weighted by Gasteiger charge is 2.32. The lowest BCUT2D eigenvalue weighted by molar-refractivity contribution is -0.137. The molecule has 1 amide bonds. The van der Waals surface area contributed by atoms with Gasteiger partial charge in [-0.3, -0.25) is 4.79 Å². The molecule has 3 aromatic rings. The van der Waals surface area contributed by atoms with E-state index in [0.29, 0.717) is 38.4 Å². The molecule has 0 atom stereocenters. The molecule has 0 aliphatic carbocycles. The van der Waals surface area contributed by atoms with Crippen LogP contribution < -0.4 is 9.64 Å². The predicted molar refractivity (Wildman–Crippen MR) is 115 cm³/mol. The standard InChI is InChI=1S/C22H21F3N4O2S/c1-31-18-7-2-4-15(12-18)13-19-26-21(32-27-19)29-10-8-28(9-11-29)20(30)16-5-3-6-17(14-16)22(23,24)25/h2-7,12,14H,8-11,13H2,1H3. The molecule has 1 saturated heterocycles. The first-order valence-electron chi connectivity index (χ1n) is 10.0. The maximum absolute atomic E-state index is 12.9. The zero-order chi connectivity index (χ0) is 22.7. The van der Waals surface area contributed by atoms with E-state index < -0.39 is 17.6 Å². The third kappa shape index (κ3) is 5.01. The molecular weight excluding hydrogens is 441 g/mol. The summed E-state index contributed by atoms with van der Waals surface area (Å²) in [7, 11) is 1.62. The topological polar surface area (TPSA) is 58.6 Å². The molecule has 1 fully saturated rings. The normalized spacial score (nSPS) is 14.5. The van der Waals surface area contributed by atoms with Crippen LogP contribution in [0.1, 0.15) is 27.3 Å². The molecule has 4 rings (SSSR count). The van der Waals surface area contributed by atoms with Crippen LogP contribution in [0.25, 0.3) is 0 Å². The van der Waals surface area contributed by atoms with Crippen LogP contribution in [0.4, 0.5) is 18.3 Å². The number of halogens is 3. The van der Waals surface area contributed by atoms with Gasteiger partial charge in [0.25, 0.3) is 5.91 Å². The number of piperazine rings is 1. The van der Waals surface area contributed by atoms with Gasteiger partial charge in [0.15, 0.2) is 0 Å². The van der Waals surface area contributed by atoms with Gasteiger partial charge in [-0.1, -0.05) is 18.2 Å². The molecule has 0 unspecified atom stereocenters. The van der Waals surface area contributed by atoms with Gasteiger partial charge in [0.2, 0.25) is 5.13 Å². The highest BCUT2D eigenvalue weighted by molar-refractivity contribution is 7.09. The average Bonchev–Trinajstić information content (AvgIpc) is 3.27. The highest BCUT2D eigenvalue weighted by Crippen LogP contribution is 2.30. The Hall–Kier alpha value is -3.14. The average molecular weight is 462 g/mol. The molecule has 2 heterocycles. The lowest BCUT2D eigenvalue weighted by atomic mass is 10.1. The number of alkyl halides is 3. The summed E-state index contributed by atoms with van der Waals surface area (Å²) in [5.74, 6) is 1.09. The van der Waals surface area contributed by atoms with E-state index in [1.54, 1.807) is 12.0 Å². The van der Waals surface area contributed by atoms with Gasteiger partial charge in [0.1, 0.15) is 11.6 Å². The third-order valence-corrected chi connectivity index (χ3v) is 6.04. The van der Waals surface area contributed by atoms with Gasteiger partial charge in [-0.2, -0.15) is 17.5 Å². The Morgan fingerprint density at radius 3 is 2.56 bits per heavy atom. The number of carbonyl (C=O) groups is 1.